The van der Waals surface area contributed by atoms with Gasteiger partial charge in [-0.05, 0) is 25.0 Å². The van der Waals surface area contributed by atoms with Crippen LogP contribution in [0.1, 0.15) is 18.9 Å². The van der Waals surface area contributed by atoms with Crippen molar-refractivity contribution in [3.8, 4) is 11.5 Å². The van der Waals surface area contributed by atoms with Crippen molar-refractivity contribution in [2.75, 3.05) is 33.9 Å². The predicted octanol–water partition coefficient (Wildman–Crippen LogP) is 1.66. The predicted molar refractivity (Wildman–Crippen MR) is 84.6 cm³/mol. The molecule has 0 spiro atoms. The average Bonchev–Trinajstić information content (AvgIpc) is 2.58. The minimum Gasteiger partial charge on any atom is -0.497 e. The van der Waals surface area contributed by atoms with Gasteiger partial charge in [-0.2, -0.15) is 0 Å². The van der Waals surface area contributed by atoms with Gasteiger partial charge in [0.05, 0.1) is 26.1 Å². The molecule has 1 aliphatic heterocycles. The molecule has 1 unspecified atom stereocenters. The molecule has 0 radical (unpaired) electrons. The number of rotatable bonds is 6. The number of carbonyl (C=O) groups excluding carboxylic acids is 2. The molecule has 2 rings (SSSR count). The molecule has 23 heavy (non-hydrogen) atoms. The molecule has 0 saturated carbocycles. The summed E-state index contributed by atoms with van der Waals surface area (Å²) in [6.07, 6.45) is 0.833. The van der Waals surface area contributed by atoms with Crippen molar-refractivity contribution >= 4 is 11.9 Å². The van der Waals surface area contributed by atoms with Gasteiger partial charge in [-0.25, -0.2) is 0 Å². The SMILES string of the molecule is CCOC(=O)CCN(C)C(=O)C1COc2cc(OC)ccc2C1. The molecule has 1 aromatic carbocycles. The Bertz CT molecular complexity index is 572. The highest BCUT2D eigenvalue weighted by molar-refractivity contribution is 5.80. The number of methoxy groups -OCH3 is 1. The summed E-state index contributed by atoms with van der Waals surface area (Å²) >= 11 is 0. The summed E-state index contributed by atoms with van der Waals surface area (Å²) in [4.78, 5) is 25.4. The molecule has 1 amide bonds. The van der Waals surface area contributed by atoms with E-state index < -0.39 is 0 Å². The van der Waals surface area contributed by atoms with Gasteiger partial charge in [-0.15, -0.1) is 0 Å². The molecular formula is C17H23NO5. The Labute approximate surface area is 136 Å². The van der Waals surface area contributed by atoms with Gasteiger partial charge >= 0.3 is 5.97 Å². The Morgan fingerprint density at radius 2 is 2.17 bits per heavy atom. The van der Waals surface area contributed by atoms with Crippen LogP contribution in [0.3, 0.4) is 0 Å². The van der Waals surface area contributed by atoms with Crippen molar-refractivity contribution < 1.29 is 23.8 Å². The van der Waals surface area contributed by atoms with E-state index >= 15 is 0 Å². The molecule has 6 nitrogen and oxygen atoms in total. The van der Waals surface area contributed by atoms with Crippen molar-refractivity contribution in [3.05, 3.63) is 23.8 Å². The summed E-state index contributed by atoms with van der Waals surface area (Å²) in [7, 11) is 3.31. The van der Waals surface area contributed by atoms with Crippen LogP contribution in [0.4, 0.5) is 0 Å². The molecule has 1 heterocycles. The van der Waals surface area contributed by atoms with E-state index in [1.807, 2.05) is 18.2 Å². The lowest BCUT2D eigenvalue weighted by molar-refractivity contribution is -0.144. The molecule has 0 aliphatic carbocycles. The Balaban J connectivity index is 1.92. The lowest BCUT2D eigenvalue weighted by Gasteiger charge is -2.28. The third-order valence-corrected chi connectivity index (χ3v) is 3.86. The molecular weight excluding hydrogens is 298 g/mol. The molecule has 126 valence electrons. The van der Waals surface area contributed by atoms with Gasteiger partial charge in [0.1, 0.15) is 18.1 Å². The fraction of sp³-hybridized carbons (Fsp3) is 0.529. The summed E-state index contributed by atoms with van der Waals surface area (Å²) in [6, 6.07) is 5.62. The number of hydrogen-bond acceptors (Lipinski definition) is 5. The maximum atomic E-state index is 12.5. The number of fused-ring (bicyclic) bond motifs is 1. The zero-order valence-electron chi connectivity index (χ0n) is 13.8. The number of carbonyl (C=O) groups is 2. The monoisotopic (exact) mass is 321 g/mol. The van der Waals surface area contributed by atoms with Gasteiger partial charge in [-0.3, -0.25) is 9.59 Å². The third kappa shape index (κ3) is 4.37. The first kappa shape index (κ1) is 17.1. The van der Waals surface area contributed by atoms with Crippen LogP contribution in [0.2, 0.25) is 0 Å². The van der Waals surface area contributed by atoms with E-state index in [2.05, 4.69) is 0 Å². The fourth-order valence-corrected chi connectivity index (χ4v) is 2.55. The standard InChI is InChI=1S/C17H23NO5/c1-4-22-16(19)7-8-18(2)17(20)13-9-12-5-6-14(21-3)10-15(12)23-11-13/h5-6,10,13H,4,7-9,11H2,1-3H3. The van der Waals surface area contributed by atoms with E-state index in [0.29, 0.717) is 26.2 Å². The average molecular weight is 321 g/mol. The number of esters is 1. The van der Waals surface area contributed by atoms with Crippen LogP contribution in [0, 0.1) is 5.92 Å². The van der Waals surface area contributed by atoms with Crippen molar-refractivity contribution in [2.24, 2.45) is 5.92 Å². The largest absolute Gasteiger partial charge is 0.497 e. The maximum absolute atomic E-state index is 12.5. The van der Waals surface area contributed by atoms with Gasteiger partial charge in [0.15, 0.2) is 0 Å². The van der Waals surface area contributed by atoms with Gasteiger partial charge in [0.2, 0.25) is 5.91 Å². The summed E-state index contributed by atoms with van der Waals surface area (Å²) in [5.74, 6) is 0.964. The van der Waals surface area contributed by atoms with Crippen molar-refractivity contribution in [2.45, 2.75) is 19.8 Å². The van der Waals surface area contributed by atoms with Crippen molar-refractivity contribution in [3.63, 3.8) is 0 Å². The maximum Gasteiger partial charge on any atom is 0.307 e. The smallest absolute Gasteiger partial charge is 0.307 e. The minimum absolute atomic E-state index is 0.0178. The molecule has 0 saturated heterocycles. The van der Waals surface area contributed by atoms with Crippen LogP contribution in [0.5, 0.6) is 11.5 Å². The van der Waals surface area contributed by atoms with E-state index in [0.717, 1.165) is 17.1 Å². The second-order valence-corrected chi connectivity index (χ2v) is 5.50. The Morgan fingerprint density at radius 3 is 2.87 bits per heavy atom. The van der Waals surface area contributed by atoms with E-state index in [4.69, 9.17) is 14.2 Å². The minimum atomic E-state index is -0.288. The summed E-state index contributed by atoms with van der Waals surface area (Å²) < 4.78 is 15.7. The van der Waals surface area contributed by atoms with Crippen LogP contribution in [-0.4, -0.2) is 50.7 Å². The molecule has 1 aliphatic rings. The van der Waals surface area contributed by atoms with E-state index in [1.165, 1.54) is 0 Å². The molecule has 0 fully saturated rings. The lowest BCUT2D eigenvalue weighted by Crippen LogP contribution is -2.39. The first-order valence-corrected chi connectivity index (χ1v) is 7.75. The first-order valence-electron chi connectivity index (χ1n) is 7.75. The third-order valence-electron chi connectivity index (χ3n) is 3.86. The Kier molecular flexibility index (Phi) is 5.84. The van der Waals surface area contributed by atoms with E-state index in [9.17, 15) is 9.59 Å². The second kappa shape index (κ2) is 7.85. The van der Waals surface area contributed by atoms with Crippen LogP contribution in [0.15, 0.2) is 18.2 Å². The summed E-state index contributed by atoms with van der Waals surface area (Å²) in [5.41, 5.74) is 0.995. The quantitative estimate of drug-likeness (QED) is 0.746. The Morgan fingerprint density at radius 1 is 1.39 bits per heavy atom. The van der Waals surface area contributed by atoms with Gasteiger partial charge in [0, 0.05) is 19.7 Å². The van der Waals surface area contributed by atoms with Crippen LogP contribution in [-0.2, 0) is 20.7 Å². The molecule has 0 N–H and O–H groups in total. The van der Waals surface area contributed by atoms with Crippen LogP contribution < -0.4 is 9.47 Å². The number of hydrogen-bond donors (Lipinski definition) is 0. The molecule has 6 heteroatoms. The second-order valence-electron chi connectivity index (χ2n) is 5.50. The van der Waals surface area contributed by atoms with Gasteiger partial charge < -0.3 is 19.1 Å². The highest BCUT2D eigenvalue weighted by Crippen LogP contribution is 2.31. The van der Waals surface area contributed by atoms with Crippen molar-refractivity contribution in [1.82, 2.24) is 4.90 Å². The highest BCUT2D eigenvalue weighted by Gasteiger charge is 2.28. The number of amides is 1. The van der Waals surface area contributed by atoms with Crippen molar-refractivity contribution in [1.29, 1.82) is 0 Å². The zero-order valence-corrected chi connectivity index (χ0v) is 13.8. The van der Waals surface area contributed by atoms with Crippen LogP contribution in [0.25, 0.3) is 0 Å². The highest BCUT2D eigenvalue weighted by atomic mass is 16.5. The molecule has 0 bridgehead atoms. The zero-order chi connectivity index (χ0) is 16.8. The molecule has 1 aromatic rings. The topological polar surface area (TPSA) is 65.1 Å². The number of benzene rings is 1. The molecule has 1 atom stereocenters. The normalized spacial score (nSPS) is 16.0. The summed E-state index contributed by atoms with van der Waals surface area (Å²) in [6.45, 7) is 2.80. The van der Waals surface area contributed by atoms with Gasteiger partial charge in [-0.1, -0.05) is 6.07 Å². The van der Waals surface area contributed by atoms with E-state index in [-0.39, 0.29) is 24.2 Å². The number of nitrogens with zero attached hydrogens (tertiary/aromatic N) is 1. The first-order chi connectivity index (χ1) is 11.0. The Hall–Kier alpha value is -2.24. The lowest BCUT2D eigenvalue weighted by atomic mass is 9.95. The molecule has 0 aromatic heterocycles. The van der Waals surface area contributed by atoms with E-state index in [1.54, 1.807) is 26.0 Å². The van der Waals surface area contributed by atoms with Gasteiger partial charge in [0.25, 0.3) is 0 Å². The summed E-state index contributed by atoms with van der Waals surface area (Å²) in [5, 5.41) is 0. The van der Waals surface area contributed by atoms with Crippen LogP contribution >= 0.6 is 0 Å². The fourth-order valence-electron chi connectivity index (χ4n) is 2.55. The number of ether oxygens (including phenoxy) is 3.